The summed E-state index contributed by atoms with van der Waals surface area (Å²) in [5, 5.41) is 2.97. The van der Waals surface area contributed by atoms with Gasteiger partial charge < -0.3 is 14.6 Å². The molecule has 0 radical (unpaired) electrons. The topological polar surface area (TPSA) is 56.2 Å². The highest BCUT2D eigenvalue weighted by Crippen LogP contribution is 2.23. The Hall–Kier alpha value is -3.93. The molecule has 1 N–H and O–H groups in total. The highest BCUT2D eigenvalue weighted by atomic mass is 19.1. The van der Waals surface area contributed by atoms with E-state index in [2.05, 4.69) is 22.4 Å². The lowest BCUT2D eigenvalue weighted by Crippen LogP contribution is -2.34. The van der Waals surface area contributed by atoms with E-state index < -0.39 is 6.04 Å². The molecule has 32 heavy (non-hydrogen) atoms. The van der Waals surface area contributed by atoms with Crippen LogP contribution in [0.4, 0.5) is 4.39 Å². The molecule has 162 valence electrons. The fourth-order valence-corrected chi connectivity index (χ4v) is 3.56. The number of nitrogens with one attached hydrogen (secondary N) is 1. The molecule has 1 atom stereocenters. The molecule has 0 aliphatic rings. The first kappa shape index (κ1) is 21.3. The van der Waals surface area contributed by atoms with Gasteiger partial charge in [-0.1, -0.05) is 60.7 Å². The second-order valence-electron chi connectivity index (χ2n) is 7.51. The Balaban J connectivity index is 1.47. The van der Waals surface area contributed by atoms with Crippen LogP contribution in [0.3, 0.4) is 0 Å². The number of halogens is 1. The molecule has 1 heterocycles. The third-order valence-electron chi connectivity index (χ3n) is 5.19. The lowest BCUT2D eigenvalue weighted by molar-refractivity contribution is -0.123. The van der Waals surface area contributed by atoms with Gasteiger partial charge in [0.2, 0.25) is 0 Å². The van der Waals surface area contributed by atoms with E-state index in [1.54, 1.807) is 24.5 Å². The van der Waals surface area contributed by atoms with Gasteiger partial charge in [-0.3, -0.25) is 4.79 Å². The summed E-state index contributed by atoms with van der Waals surface area (Å²) in [6, 6.07) is 23.3. The van der Waals surface area contributed by atoms with Gasteiger partial charge in [0, 0.05) is 25.9 Å². The second-order valence-corrected chi connectivity index (χ2v) is 7.51. The molecule has 0 saturated carbocycles. The van der Waals surface area contributed by atoms with Gasteiger partial charge in [0.05, 0.1) is 0 Å². The van der Waals surface area contributed by atoms with Crippen molar-refractivity contribution >= 4 is 5.91 Å². The first-order chi connectivity index (χ1) is 15.6. The minimum absolute atomic E-state index is 0.145. The number of aryl methyl sites for hydroxylation is 1. The zero-order valence-corrected chi connectivity index (χ0v) is 17.7. The summed E-state index contributed by atoms with van der Waals surface area (Å²) in [7, 11) is 1.85. The molecule has 0 unspecified atom stereocenters. The third kappa shape index (κ3) is 5.21. The van der Waals surface area contributed by atoms with E-state index in [1.807, 2.05) is 54.1 Å². The number of para-hydroxylation sites is 1. The van der Waals surface area contributed by atoms with Crippen molar-refractivity contribution in [1.82, 2.24) is 14.9 Å². The molecular weight excluding hydrogens is 405 g/mol. The molecule has 0 spiro atoms. The fraction of sp³-hybridized carbons (Fsp3) is 0.154. The molecule has 6 heteroatoms. The van der Waals surface area contributed by atoms with Crippen LogP contribution in [0.1, 0.15) is 28.6 Å². The SMILES string of the molecule is Cn1ccnc1[C@@H](NC(=O)COc1ccccc1Cc1ccccc1)c1ccc(F)cc1. The number of imidazole rings is 1. The summed E-state index contributed by atoms with van der Waals surface area (Å²) in [5.41, 5.74) is 2.91. The number of benzene rings is 3. The molecule has 4 rings (SSSR count). The first-order valence-electron chi connectivity index (χ1n) is 10.4. The molecule has 5 nitrogen and oxygen atoms in total. The molecule has 0 aliphatic heterocycles. The largest absolute Gasteiger partial charge is 0.483 e. The minimum atomic E-state index is -0.522. The van der Waals surface area contributed by atoms with Crippen LogP contribution in [0, 0.1) is 5.82 Å². The molecule has 3 aromatic carbocycles. The molecule has 1 amide bonds. The van der Waals surface area contributed by atoms with Gasteiger partial charge >= 0.3 is 0 Å². The molecule has 0 bridgehead atoms. The van der Waals surface area contributed by atoms with Crippen LogP contribution < -0.4 is 10.1 Å². The van der Waals surface area contributed by atoms with Crippen LogP contribution in [-0.4, -0.2) is 22.1 Å². The van der Waals surface area contributed by atoms with E-state index in [-0.39, 0.29) is 18.3 Å². The monoisotopic (exact) mass is 429 g/mol. The van der Waals surface area contributed by atoms with Crippen LogP contribution in [0.25, 0.3) is 0 Å². The minimum Gasteiger partial charge on any atom is -0.483 e. The maximum Gasteiger partial charge on any atom is 0.258 e. The Morgan fingerprint density at radius 1 is 1.03 bits per heavy atom. The van der Waals surface area contributed by atoms with E-state index in [9.17, 15) is 9.18 Å². The summed E-state index contributed by atoms with van der Waals surface area (Å²) in [5.74, 6) is 0.685. The predicted molar refractivity (Wildman–Crippen MR) is 121 cm³/mol. The van der Waals surface area contributed by atoms with Crippen molar-refractivity contribution < 1.29 is 13.9 Å². The summed E-state index contributed by atoms with van der Waals surface area (Å²) in [6.45, 7) is -0.145. The highest BCUT2D eigenvalue weighted by molar-refractivity contribution is 5.78. The number of carbonyl (C=O) groups excluding carboxylic acids is 1. The molecule has 4 aromatic rings. The Kier molecular flexibility index (Phi) is 6.60. The number of amides is 1. The third-order valence-corrected chi connectivity index (χ3v) is 5.19. The van der Waals surface area contributed by atoms with Gasteiger partial charge in [-0.25, -0.2) is 9.37 Å². The summed E-state index contributed by atoms with van der Waals surface area (Å²) in [6.07, 6.45) is 4.17. The van der Waals surface area contributed by atoms with Crippen LogP contribution in [0.15, 0.2) is 91.3 Å². The molecule has 0 fully saturated rings. The maximum absolute atomic E-state index is 13.4. The van der Waals surface area contributed by atoms with Gasteiger partial charge in [0.25, 0.3) is 5.91 Å². The summed E-state index contributed by atoms with van der Waals surface area (Å²) < 4.78 is 21.1. The van der Waals surface area contributed by atoms with E-state index >= 15 is 0 Å². The zero-order valence-electron chi connectivity index (χ0n) is 17.7. The van der Waals surface area contributed by atoms with Crippen LogP contribution >= 0.6 is 0 Å². The first-order valence-corrected chi connectivity index (χ1v) is 10.4. The summed E-state index contributed by atoms with van der Waals surface area (Å²) in [4.78, 5) is 17.2. The normalized spacial score (nSPS) is 11.7. The Bertz CT molecular complexity index is 1170. The van der Waals surface area contributed by atoms with Crippen molar-refractivity contribution in [2.24, 2.45) is 7.05 Å². The average Bonchev–Trinajstić information content (AvgIpc) is 3.24. The second kappa shape index (κ2) is 9.92. The summed E-state index contributed by atoms with van der Waals surface area (Å²) >= 11 is 0. The van der Waals surface area contributed by atoms with Crippen molar-refractivity contribution in [2.75, 3.05) is 6.61 Å². The standard InChI is InChI=1S/C26H24FN3O2/c1-30-16-15-28-26(30)25(20-11-13-22(27)14-12-20)29-24(31)18-32-23-10-6-5-9-21(23)17-19-7-3-2-4-8-19/h2-16,25H,17-18H2,1H3,(H,29,31)/t25-/m0/s1. The van der Waals surface area contributed by atoms with Crippen molar-refractivity contribution in [1.29, 1.82) is 0 Å². The van der Waals surface area contributed by atoms with E-state index in [0.29, 0.717) is 18.0 Å². The number of nitrogens with zero attached hydrogens (tertiary/aromatic N) is 2. The Morgan fingerprint density at radius 3 is 2.47 bits per heavy atom. The van der Waals surface area contributed by atoms with Gasteiger partial charge in [0.1, 0.15) is 23.4 Å². The van der Waals surface area contributed by atoms with E-state index in [4.69, 9.17) is 4.74 Å². The Labute approximate surface area is 186 Å². The van der Waals surface area contributed by atoms with Crippen LogP contribution in [-0.2, 0) is 18.3 Å². The van der Waals surface area contributed by atoms with E-state index in [1.165, 1.54) is 17.7 Å². The number of aromatic nitrogens is 2. The smallest absolute Gasteiger partial charge is 0.258 e. The zero-order chi connectivity index (χ0) is 22.3. The maximum atomic E-state index is 13.4. The van der Waals surface area contributed by atoms with Crippen LogP contribution in [0.5, 0.6) is 5.75 Å². The number of carbonyl (C=O) groups is 1. The van der Waals surface area contributed by atoms with E-state index in [0.717, 1.165) is 11.1 Å². The van der Waals surface area contributed by atoms with Gasteiger partial charge in [-0.05, 0) is 34.9 Å². The van der Waals surface area contributed by atoms with Crippen molar-refractivity contribution in [3.63, 3.8) is 0 Å². The molecule has 0 aliphatic carbocycles. The number of hydrogen-bond donors (Lipinski definition) is 1. The molecular formula is C26H24FN3O2. The van der Waals surface area contributed by atoms with Crippen molar-refractivity contribution in [3.05, 3.63) is 120 Å². The highest BCUT2D eigenvalue weighted by Gasteiger charge is 2.21. The van der Waals surface area contributed by atoms with Crippen molar-refractivity contribution in [2.45, 2.75) is 12.5 Å². The lowest BCUT2D eigenvalue weighted by atomic mass is 10.0. The predicted octanol–water partition coefficient (Wildman–Crippen LogP) is 4.43. The number of rotatable bonds is 8. The fourth-order valence-electron chi connectivity index (χ4n) is 3.56. The van der Waals surface area contributed by atoms with Crippen LogP contribution in [0.2, 0.25) is 0 Å². The van der Waals surface area contributed by atoms with Gasteiger partial charge in [-0.15, -0.1) is 0 Å². The number of hydrogen-bond acceptors (Lipinski definition) is 3. The molecule has 0 saturated heterocycles. The molecule has 1 aromatic heterocycles. The average molecular weight is 429 g/mol. The van der Waals surface area contributed by atoms with Gasteiger partial charge in [-0.2, -0.15) is 0 Å². The quantitative estimate of drug-likeness (QED) is 0.451. The lowest BCUT2D eigenvalue weighted by Gasteiger charge is -2.20. The number of ether oxygens (including phenoxy) is 1. The van der Waals surface area contributed by atoms with Crippen molar-refractivity contribution in [3.8, 4) is 5.75 Å². The van der Waals surface area contributed by atoms with Gasteiger partial charge in [0.15, 0.2) is 6.61 Å². The Morgan fingerprint density at radius 2 is 1.75 bits per heavy atom.